The molecular formula is C6H5Cl2NaO2. The molecule has 0 spiro atoms. The zero-order chi connectivity index (χ0) is 6.85. The van der Waals surface area contributed by atoms with Gasteiger partial charge in [0.05, 0.1) is 10.0 Å². The molecular weight excluding hydrogens is 198 g/mol. The maximum atomic E-state index is 10.6. The van der Waals surface area contributed by atoms with Crippen LogP contribution < -0.4 is 34.7 Å². The van der Waals surface area contributed by atoms with Gasteiger partial charge in [0.1, 0.15) is 0 Å². The van der Waals surface area contributed by atoms with Crippen molar-refractivity contribution in [3.05, 3.63) is 28.2 Å². The number of benzene rings is 1. The van der Waals surface area contributed by atoms with Crippen molar-refractivity contribution in [3.63, 3.8) is 0 Å². The Balaban J connectivity index is 0. The van der Waals surface area contributed by atoms with Gasteiger partial charge in [-0.15, -0.1) is 0 Å². The van der Waals surface area contributed by atoms with E-state index in [9.17, 15) is 5.11 Å². The van der Waals surface area contributed by atoms with Crippen molar-refractivity contribution >= 4 is 23.2 Å². The maximum Gasteiger partial charge on any atom is 1.00 e. The summed E-state index contributed by atoms with van der Waals surface area (Å²) in [6.45, 7) is 0. The first-order valence-corrected chi connectivity index (χ1v) is 3.08. The fraction of sp³-hybridized carbons (Fsp3) is 0. The molecule has 0 aromatic heterocycles. The van der Waals surface area contributed by atoms with Gasteiger partial charge in [-0.25, -0.2) is 0 Å². The second-order valence-electron chi connectivity index (χ2n) is 1.55. The van der Waals surface area contributed by atoms with Crippen LogP contribution in [0.4, 0.5) is 0 Å². The molecule has 56 valence electrons. The molecule has 0 saturated carbocycles. The van der Waals surface area contributed by atoms with E-state index in [2.05, 4.69) is 0 Å². The van der Waals surface area contributed by atoms with Crippen LogP contribution in [-0.2, 0) is 0 Å². The van der Waals surface area contributed by atoms with E-state index in [1.807, 2.05) is 0 Å². The Bertz CT molecular complexity index is 210. The van der Waals surface area contributed by atoms with Crippen molar-refractivity contribution in [3.8, 4) is 5.75 Å². The summed E-state index contributed by atoms with van der Waals surface area (Å²) in [7, 11) is 0. The molecule has 0 bridgehead atoms. The average Bonchev–Trinajstić information content (AvgIpc) is 1.83. The standard InChI is InChI=1S/C6H4Cl2O.Na.H2O/c7-4-2-1-3-5(9)6(4)8;;/h1-3,9H;;1H2/q;+1;/p-1. The minimum absolute atomic E-state index is 0. The molecule has 5 heteroatoms. The van der Waals surface area contributed by atoms with E-state index in [0.717, 1.165) is 0 Å². The molecule has 0 fully saturated rings. The molecule has 2 N–H and O–H groups in total. The molecule has 1 aromatic rings. The summed E-state index contributed by atoms with van der Waals surface area (Å²) in [5, 5.41) is 11.0. The minimum atomic E-state index is -0.232. The first-order valence-electron chi connectivity index (χ1n) is 2.33. The molecule has 0 unspecified atom stereocenters. The average molecular weight is 203 g/mol. The van der Waals surface area contributed by atoms with E-state index in [-0.39, 0.29) is 45.8 Å². The van der Waals surface area contributed by atoms with Crippen LogP contribution in [0.25, 0.3) is 0 Å². The third-order valence-corrected chi connectivity index (χ3v) is 1.72. The normalized spacial score (nSPS) is 7.82. The van der Waals surface area contributed by atoms with Crippen LogP contribution >= 0.6 is 23.2 Å². The zero-order valence-corrected chi connectivity index (χ0v) is 9.41. The summed E-state index contributed by atoms with van der Waals surface area (Å²) in [5.41, 5.74) is 0. The van der Waals surface area contributed by atoms with Crippen LogP contribution in [0.3, 0.4) is 0 Å². The van der Waals surface area contributed by atoms with E-state index in [0.29, 0.717) is 5.02 Å². The first-order chi connectivity index (χ1) is 4.22. The molecule has 0 amide bonds. The van der Waals surface area contributed by atoms with Gasteiger partial charge in [0, 0.05) is 0 Å². The number of rotatable bonds is 0. The second-order valence-corrected chi connectivity index (χ2v) is 2.34. The quantitative estimate of drug-likeness (QED) is 0.461. The van der Waals surface area contributed by atoms with Gasteiger partial charge in [-0.2, -0.15) is 0 Å². The summed E-state index contributed by atoms with van der Waals surface area (Å²) in [5.74, 6) is -0.232. The molecule has 0 aliphatic carbocycles. The topological polar surface area (TPSA) is 54.6 Å². The van der Waals surface area contributed by atoms with E-state index >= 15 is 0 Å². The number of hydrogen-bond donors (Lipinski definition) is 0. The van der Waals surface area contributed by atoms with Crippen LogP contribution in [0.5, 0.6) is 5.75 Å². The molecule has 0 aliphatic heterocycles. The smallest absolute Gasteiger partial charge is 0.871 e. The molecule has 0 saturated heterocycles. The number of halogens is 2. The van der Waals surface area contributed by atoms with Crippen LogP contribution in [0, 0.1) is 0 Å². The van der Waals surface area contributed by atoms with Gasteiger partial charge in [0.25, 0.3) is 0 Å². The molecule has 0 heterocycles. The SMILES string of the molecule is O.[Na+].[O-]c1cccc(Cl)c1Cl. The Kier molecular flexibility index (Phi) is 7.84. The van der Waals surface area contributed by atoms with Crippen LogP contribution in [-0.4, -0.2) is 5.48 Å². The maximum absolute atomic E-state index is 10.6. The van der Waals surface area contributed by atoms with E-state index in [4.69, 9.17) is 23.2 Å². The van der Waals surface area contributed by atoms with Gasteiger partial charge in [0.2, 0.25) is 0 Å². The zero-order valence-electron chi connectivity index (χ0n) is 5.90. The summed E-state index contributed by atoms with van der Waals surface area (Å²) in [6, 6.07) is 4.51. The molecule has 11 heavy (non-hydrogen) atoms. The fourth-order valence-electron chi connectivity index (χ4n) is 0.484. The Morgan fingerprint density at radius 2 is 1.73 bits per heavy atom. The van der Waals surface area contributed by atoms with Crippen molar-refractivity contribution in [1.82, 2.24) is 0 Å². The van der Waals surface area contributed by atoms with Gasteiger partial charge < -0.3 is 10.6 Å². The van der Waals surface area contributed by atoms with E-state index in [1.165, 1.54) is 6.07 Å². The first kappa shape index (κ1) is 14.1. The molecule has 0 aliphatic rings. The van der Waals surface area contributed by atoms with Gasteiger partial charge in [0.15, 0.2) is 0 Å². The van der Waals surface area contributed by atoms with E-state index < -0.39 is 0 Å². The van der Waals surface area contributed by atoms with Crippen molar-refractivity contribution in [1.29, 1.82) is 0 Å². The van der Waals surface area contributed by atoms with Gasteiger partial charge >= 0.3 is 29.6 Å². The van der Waals surface area contributed by atoms with Crippen molar-refractivity contribution in [2.24, 2.45) is 0 Å². The monoisotopic (exact) mass is 202 g/mol. The predicted molar refractivity (Wildman–Crippen MR) is 39.5 cm³/mol. The molecule has 0 radical (unpaired) electrons. The number of hydrogen-bond acceptors (Lipinski definition) is 1. The van der Waals surface area contributed by atoms with Crippen molar-refractivity contribution in [2.75, 3.05) is 0 Å². The van der Waals surface area contributed by atoms with Gasteiger partial charge in [-0.3, -0.25) is 0 Å². The van der Waals surface area contributed by atoms with Crippen LogP contribution in [0.1, 0.15) is 0 Å². The largest absolute Gasteiger partial charge is 1.00 e. The second kappa shape index (κ2) is 6.12. The van der Waals surface area contributed by atoms with Crippen molar-refractivity contribution < 1.29 is 40.1 Å². The Hall–Kier alpha value is 0.560. The Labute approximate surface area is 96.7 Å². The van der Waals surface area contributed by atoms with Crippen LogP contribution in [0.15, 0.2) is 18.2 Å². The van der Waals surface area contributed by atoms with Crippen molar-refractivity contribution in [2.45, 2.75) is 0 Å². The predicted octanol–water partition coefficient (Wildman–Crippen LogP) is -1.75. The molecule has 0 atom stereocenters. The summed E-state index contributed by atoms with van der Waals surface area (Å²) in [6.07, 6.45) is 0. The molecule has 2 nitrogen and oxygen atoms in total. The van der Waals surface area contributed by atoms with Gasteiger partial charge in [-0.1, -0.05) is 41.1 Å². The summed E-state index contributed by atoms with van der Waals surface area (Å²) >= 11 is 10.9. The Morgan fingerprint density at radius 3 is 2.09 bits per heavy atom. The van der Waals surface area contributed by atoms with Crippen LogP contribution in [0.2, 0.25) is 10.0 Å². The third-order valence-electron chi connectivity index (χ3n) is 0.916. The molecule has 1 aromatic carbocycles. The minimum Gasteiger partial charge on any atom is -0.871 e. The summed E-state index contributed by atoms with van der Waals surface area (Å²) in [4.78, 5) is 0. The Morgan fingerprint density at radius 1 is 1.18 bits per heavy atom. The fourth-order valence-corrected chi connectivity index (χ4v) is 0.776. The van der Waals surface area contributed by atoms with Gasteiger partial charge in [-0.05, 0) is 6.07 Å². The molecule has 1 rings (SSSR count). The van der Waals surface area contributed by atoms with E-state index in [1.54, 1.807) is 12.1 Å². The third kappa shape index (κ3) is 3.65. The summed E-state index contributed by atoms with van der Waals surface area (Å²) < 4.78 is 0.